The molecule has 0 saturated heterocycles. The van der Waals surface area contributed by atoms with Crippen molar-refractivity contribution in [2.75, 3.05) is 13.7 Å². The van der Waals surface area contributed by atoms with E-state index in [1.54, 1.807) is 13.2 Å². The highest BCUT2D eigenvalue weighted by molar-refractivity contribution is 5.77. The molecule has 0 spiro atoms. The fourth-order valence-corrected chi connectivity index (χ4v) is 2.92. The van der Waals surface area contributed by atoms with Crippen molar-refractivity contribution < 1.29 is 19.4 Å². The van der Waals surface area contributed by atoms with Crippen molar-refractivity contribution in [3.8, 4) is 5.75 Å². The van der Waals surface area contributed by atoms with Crippen LogP contribution in [0.5, 0.6) is 5.75 Å². The predicted molar refractivity (Wildman–Crippen MR) is 105 cm³/mol. The zero-order valence-electron chi connectivity index (χ0n) is 15.9. The van der Waals surface area contributed by atoms with E-state index in [9.17, 15) is 14.7 Å². The van der Waals surface area contributed by atoms with Crippen LogP contribution in [0.1, 0.15) is 29.5 Å². The molecule has 0 aliphatic carbocycles. The highest BCUT2D eigenvalue weighted by Gasteiger charge is 2.20. The number of para-hydroxylation sites is 1. The van der Waals surface area contributed by atoms with Crippen LogP contribution in [-0.2, 0) is 22.4 Å². The van der Waals surface area contributed by atoms with E-state index in [0.29, 0.717) is 18.6 Å². The number of carbonyl (C=O) groups excluding carboxylic acids is 1. The third kappa shape index (κ3) is 6.77. The van der Waals surface area contributed by atoms with Crippen LogP contribution in [0.15, 0.2) is 48.5 Å². The molecule has 0 fully saturated rings. The smallest absolute Gasteiger partial charge is 0.308 e. The van der Waals surface area contributed by atoms with Crippen LogP contribution in [0.2, 0.25) is 0 Å². The molecule has 2 aromatic carbocycles. The summed E-state index contributed by atoms with van der Waals surface area (Å²) in [6, 6.07) is 15.6. The third-order valence-corrected chi connectivity index (χ3v) is 4.54. The van der Waals surface area contributed by atoms with E-state index >= 15 is 0 Å². The molecule has 1 atom stereocenters. The Kier molecular flexibility index (Phi) is 7.86. The number of carboxylic acids is 1. The summed E-state index contributed by atoms with van der Waals surface area (Å²) in [6.45, 7) is 2.15. The van der Waals surface area contributed by atoms with E-state index in [0.717, 1.165) is 18.4 Å². The number of aryl methyl sites for hydroxylation is 2. The number of hydrogen-bond donors (Lipinski definition) is 2. The lowest BCUT2D eigenvalue weighted by Crippen LogP contribution is -2.34. The molecule has 144 valence electrons. The van der Waals surface area contributed by atoms with E-state index in [1.807, 2.05) is 25.1 Å². The minimum atomic E-state index is -0.930. The molecular weight excluding hydrogens is 342 g/mol. The number of carbonyl (C=O) groups is 2. The number of methoxy groups -OCH3 is 1. The Labute approximate surface area is 160 Å². The van der Waals surface area contributed by atoms with Gasteiger partial charge in [-0.25, -0.2) is 0 Å². The zero-order valence-corrected chi connectivity index (χ0v) is 15.9. The van der Waals surface area contributed by atoms with E-state index in [2.05, 4.69) is 29.6 Å². The highest BCUT2D eigenvalue weighted by atomic mass is 16.5. The minimum Gasteiger partial charge on any atom is -0.496 e. The SMILES string of the molecule is COc1ccccc1CC(CNC(=O)CCCc1ccc(C)cc1)C(=O)O. The van der Waals surface area contributed by atoms with Crippen molar-refractivity contribution in [3.05, 3.63) is 65.2 Å². The summed E-state index contributed by atoms with van der Waals surface area (Å²) >= 11 is 0. The summed E-state index contributed by atoms with van der Waals surface area (Å²) in [5, 5.41) is 12.2. The second-order valence-electron chi connectivity index (χ2n) is 6.69. The van der Waals surface area contributed by atoms with Crippen molar-refractivity contribution in [1.29, 1.82) is 0 Å². The first-order valence-corrected chi connectivity index (χ1v) is 9.16. The summed E-state index contributed by atoms with van der Waals surface area (Å²) in [5.41, 5.74) is 3.24. The van der Waals surface area contributed by atoms with Gasteiger partial charge in [0.05, 0.1) is 13.0 Å². The normalized spacial score (nSPS) is 11.6. The topological polar surface area (TPSA) is 75.6 Å². The molecule has 5 heteroatoms. The molecule has 5 nitrogen and oxygen atoms in total. The summed E-state index contributed by atoms with van der Waals surface area (Å²) in [4.78, 5) is 23.6. The molecule has 0 aliphatic rings. The maximum atomic E-state index is 12.1. The summed E-state index contributed by atoms with van der Waals surface area (Å²) in [5.74, 6) is -1.08. The zero-order chi connectivity index (χ0) is 19.6. The standard InChI is InChI=1S/C22H27NO4/c1-16-10-12-17(13-11-16)6-5-9-21(24)23-15-19(22(25)26)14-18-7-3-4-8-20(18)27-2/h3-4,7-8,10-13,19H,5-6,9,14-15H2,1-2H3,(H,23,24)(H,25,26). The predicted octanol–water partition coefficient (Wildman–Crippen LogP) is 3.39. The van der Waals surface area contributed by atoms with Crippen molar-refractivity contribution in [3.63, 3.8) is 0 Å². The lowest BCUT2D eigenvalue weighted by Gasteiger charge is -2.15. The maximum absolute atomic E-state index is 12.1. The van der Waals surface area contributed by atoms with Gasteiger partial charge in [-0.3, -0.25) is 9.59 Å². The fourth-order valence-electron chi connectivity index (χ4n) is 2.92. The average molecular weight is 369 g/mol. The average Bonchev–Trinajstić information content (AvgIpc) is 2.66. The third-order valence-electron chi connectivity index (χ3n) is 4.54. The number of hydrogen-bond acceptors (Lipinski definition) is 3. The van der Waals surface area contributed by atoms with Crippen LogP contribution >= 0.6 is 0 Å². The van der Waals surface area contributed by atoms with E-state index in [1.165, 1.54) is 11.1 Å². The van der Waals surface area contributed by atoms with Gasteiger partial charge in [-0.15, -0.1) is 0 Å². The van der Waals surface area contributed by atoms with Gasteiger partial charge in [0, 0.05) is 13.0 Å². The van der Waals surface area contributed by atoms with Crippen molar-refractivity contribution in [2.45, 2.75) is 32.6 Å². The first kappa shape index (κ1) is 20.5. The second kappa shape index (κ2) is 10.4. The van der Waals surface area contributed by atoms with Gasteiger partial charge in [0.1, 0.15) is 5.75 Å². The first-order chi connectivity index (χ1) is 13.0. The Morgan fingerprint density at radius 3 is 2.48 bits per heavy atom. The molecule has 0 saturated carbocycles. The molecule has 0 bridgehead atoms. The maximum Gasteiger partial charge on any atom is 0.308 e. The molecule has 2 N–H and O–H groups in total. The molecule has 0 radical (unpaired) electrons. The van der Waals surface area contributed by atoms with Crippen LogP contribution in [0.3, 0.4) is 0 Å². The van der Waals surface area contributed by atoms with E-state index < -0.39 is 11.9 Å². The lowest BCUT2D eigenvalue weighted by atomic mass is 9.98. The number of benzene rings is 2. The molecule has 2 rings (SSSR count). The van der Waals surface area contributed by atoms with Crippen molar-refractivity contribution in [2.24, 2.45) is 5.92 Å². The molecule has 0 aromatic heterocycles. The van der Waals surface area contributed by atoms with Crippen LogP contribution in [-0.4, -0.2) is 30.6 Å². The monoisotopic (exact) mass is 369 g/mol. The van der Waals surface area contributed by atoms with Crippen LogP contribution in [0, 0.1) is 12.8 Å². The molecule has 0 heterocycles. The Balaban J connectivity index is 1.80. The number of rotatable bonds is 10. The van der Waals surface area contributed by atoms with Gasteiger partial charge in [-0.2, -0.15) is 0 Å². The second-order valence-corrected chi connectivity index (χ2v) is 6.69. The van der Waals surface area contributed by atoms with Gasteiger partial charge in [0.15, 0.2) is 0 Å². The quantitative estimate of drug-likeness (QED) is 0.673. The minimum absolute atomic E-state index is 0.108. The highest BCUT2D eigenvalue weighted by Crippen LogP contribution is 2.21. The molecular formula is C22H27NO4. The number of aliphatic carboxylic acids is 1. The Morgan fingerprint density at radius 1 is 1.11 bits per heavy atom. The van der Waals surface area contributed by atoms with Crippen LogP contribution < -0.4 is 10.1 Å². The van der Waals surface area contributed by atoms with Crippen molar-refractivity contribution in [1.82, 2.24) is 5.32 Å². The number of amides is 1. The van der Waals surface area contributed by atoms with Gasteiger partial charge < -0.3 is 15.2 Å². The van der Waals surface area contributed by atoms with E-state index in [-0.39, 0.29) is 12.5 Å². The number of ether oxygens (including phenoxy) is 1. The molecule has 0 aliphatic heterocycles. The molecule has 27 heavy (non-hydrogen) atoms. The Bertz CT molecular complexity index is 755. The van der Waals surface area contributed by atoms with Gasteiger partial charge >= 0.3 is 5.97 Å². The van der Waals surface area contributed by atoms with E-state index in [4.69, 9.17) is 4.74 Å². The number of carboxylic acid groups (broad SMARTS) is 1. The lowest BCUT2D eigenvalue weighted by molar-refractivity contribution is -0.141. The molecule has 1 amide bonds. The largest absolute Gasteiger partial charge is 0.496 e. The van der Waals surface area contributed by atoms with Gasteiger partial charge in [0.25, 0.3) is 0 Å². The molecule has 1 unspecified atom stereocenters. The molecule has 2 aromatic rings. The Hall–Kier alpha value is -2.82. The van der Waals surface area contributed by atoms with Crippen molar-refractivity contribution >= 4 is 11.9 Å². The summed E-state index contributed by atoms with van der Waals surface area (Å²) in [6.07, 6.45) is 2.26. The van der Waals surface area contributed by atoms with Crippen LogP contribution in [0.25, 0.3) is 0 Å². The van der Waals surface area contributed by atoms with Gasteiger partial charge in [-0.1, -0.05) is 48.0 Å². The van der Waals surface area contributed by atoms with Gasteiger partial charge in [0.2, 0.25) is 5.91 Å². The first-order valence-electron chi connectivity index (χ1n) is 9.16. The summed E-state index contributed by atoms with van der Waals surface area (Å²) in [7, 11) is 1.56. The number of nitrogens with one attached hydrogen (secondary N) is 1. The van der Waals surface area contributed by atoms with Gasteiger partial charge in [-0.05, 0) is 43.4 Å². The van der Waals surface area contributed by atoms with Crippen LogP contribution in [0.4, 0.5) is 0 Å². The Morgan fingerprint density at radius 2 is 1.81 bits per heavy atom. The fraction of sp³-hybridized carbons (Fsp3) is 0.364. The summed E-state index contributed by atoms with van der Waals surface area (Å²) < 4.78 is 5.27.